The minimum Gasteiger partial charge on any atom is -0.444 e. The first kappa shape index (κ1) is 23.4. The summed E-state index contributed by atoms with van der Waals surface area (Å²) in [5, 5.41) is 7.71. The van der Waals surface area contributed by atoms with Crippen LogP contribution in [0.4, 0.5) is 4.79 Å². The largest absolute Gasteiger partial charge is 0.444 e. The van der Waals surface area contributed by atoms with Gasteiger partial charge < -0.3 is 20.3 Å². The van der Waals surface area contributed by atoms with Gasteiger partial charge >= 0.3 is 6.09 Å². The van der Waals surface area contributed by atoms with E-state index in [1.165, 1.54) is 4.88 Å². The fourth-order valence-electron chi connectivity index (χ4n) is 2.91. The molecule has 1 aromatic heterocycles. The molecule has 164 valence electrons. The molecule has 2 N–H and O–H groups in total. The summed E-state index contributed by atoms with van der Waals surface area (Å²) in [5.74, 6) is 0.811. The molecule has 0 aliphatic carbocycles. The van der Waals surface area contributed by atoms with E-state index < -0.39 is 5.60 Å². The zero-order valence-electron chi connectivity index (χ0n) is 18.7. The number of hydrogen-bond acceptors (Lipinski definition) is 6. The second-order valence-corrected chi connectivity index (χ2v) is 9.47. The summed E-state index contributed by atoms with van der Waals surface area (Å²) in [6.45, 7) is 18.1. The molecule has 0 atom stereocenters. The fourth-order valence-corrected chi connectivity index (χ4v) is 3.77. The summed E-state index contributed by atoms with van der Waals surface area (Å²) in [6.07, 6.45) is -0.218. The molecule has 0 saturated carbocycles. The number of thiazole rings is 1. The van der Waals surface area contributed by atoms with E-state index in [0.717, 1.165) is 49.4 Å². The van der Waals surface area contributed by atoms with Crippen molar-refractivity contribution in [2.75, 3.05) is 45.8 Å². The number of aliphatic imine (C=N–C) groups is 1. The lowest BCUT2D eigenvalue weighted by Gasteiger charge is -2.35. The molecule has 0 spiro atoms. The van der Waals surface area contributed by atoms with Gasteiger partial charge in [0.05, 0.1) is 12.2 Å². The van der Waals surface area contributed by atoms with Crippen LogP contribution in [0.5, 0.6) is 0 Å². The Labute approximate surface area is 178 Å². The van der Waals surface area contributed by atoms with Crippen molar-refractivity contribution in [1.29, 1.82) is 0 Å². The predicted molar refractivity (Wildman–Crippen MR) is 119 cm³/mol. The van der Waals surface area contributed by atoms with Crippen LogP contribution < -0.4 is 10.6 Å². The van der Waals surface area contributed by atoms with Crippen molar-refractivity contribution in [3.63, 3.8) is 0 Å². The first-order chi connectivity index (χ1) is 13.7. The lowest BCUT2D eigenvalue weighted by Crippen LogP contribution is -2.51. The van der Waals surface area contributed by atoms with Gasteiger partial charge in [-0.25, -0.2) is 14.8 Å². The van der Waals surface area contributed by atoms with Gasteiger partial charge in [-0.15, -0.1) is 11.3 Å². The predicted octanol–water partition coefficient (Wildman–Crippen LogP) is 2.37. The fraction of sp³-hybridized carbons (Fsp3) is 0.750. The summed E-state index contributed by atoms with van der Waals surface area (Å²) in [7, 11) is 0. The first-order valence-electron chi connectivity index (χ1n) is 10.3. The van der Waals surface area contributed by atoms with Crippen molar-refractivity contribution in [2.45, 2.75) is 53.7 Å². The minimum atomic E-state index is -0.448. The van der Waals surface area contributed by atoms with E-state index >= 15 is 0 Å². The van der Waals surface area contributed by atoms with Crippen molar-refractivity contribution >= 4 is 23.4 Å². The molecule has 0 bridgehead atoms. The zero-order valence-corrected chi connectivity index (χ0v) is 19.5. The summed E-state index contributed by atoms with van der Waals surface area (Å²) < 4.78 is 5.45. The molecule has 8 nitrogen and oxygen atoms in total. The number of ether oxygens (including phenoxy) is 1. The second kappa shape index (κ2) is 10.8. The van der Waals surface area contributed by atoms with Gasteiger partial charge in [-0.3, -0.25) is 4.90 Å². The maximum atomic E-state index is 12.2. The number of guanidine groups is 1. The van der Waals surface area contributed by atoms with E-state index in [4.69, 9.17) is 4.74 Å². The Morgan fingerprint density at radius 2 is 1.90 bits per heavy atom. The van der Waals surface area contributed by atoms with Crippen LogP contribution in [0.3, 0.4) is 0 Å². The van der Waals surface area contributed by atoms with Crippen molar-refractivity contribution in [2.24, 2.45) is 4.99 Å². The summed E-state index contributed by atoms with van der Waals surface area (Å²) in [4.78, 5) is 26.7. The molecule has 0 radical (unpaired) electrons. The van der Waals surface area contributed by atoms with Crippen LogP contribution in [-0.2, 0) is 11.3 Å². The van der Waals surface area contributed by atoms with Gasteiger partial charge in [0.2, 0.25) is 0 Å². The van der Waals surface area contributed by atoms with Crippen molar-refractivity contribution in [3.8, 4) is 0 Å². The van der Waals surface area contributed by atoms with E-state index in [0.29, 0.717) is 19.6 Å². The molecule has 2 rings (SSSR count). The van der Waals surface area contributed by atoms with Gasteiger partial charge in [-0.05, 0) is 41.5 Å². The molecule has 1 aliphatic rings. The molecular formula is C20H36N6O2S. The number of amides is 1. The Balaban J connectivity index is 1.73. The summed E-state index contributed by atoms with van der Waals surface area (Å²) in [5.41, 5.74) is 0.639. The lowest BCUT2D eigenvalue weighted by molar-refractivity contribution is 0.0147. The molecule has 1 amide bonds. The van der Waals surface area contributed by atoms with Crippen LogP contribution in [0.2, 0.25) is 0 Å². The van der Waals surface area contributed by atoms with E-state index in [2.05, 4.69) is 39.4 Å². The van der Waals surface area contributed by atoms with Crippen LogP contribution in [0.15, 0.2) is 4.99 Å². The highest BCUT2D eigenvalue weighted by Crippen LogP contribution is 2.17. The standard InChI is InChI=1S/C20H36N6O2S/c1-7-21-18(23-14-17-24-15(2)16(3)29-17)22-8-9-25-10-12-26(13-11-25)19(27)28-20(4,5)6/h7-14H2,1-6H3,(H2,21,22,23). The summed E-state index contributed by atoms with van der Waals surface area (Å²) in [6, 6.07) is 0. The number of nitrogens with one attached hydrogen (secondary N) is 2. The quantitative estimate of drug-likeness (QED) is 0.539. The van der Waals surface area contributed by atoms with Gasteiger partial charge in [0.1, 0.15) is 10.6 Å². The van der Waals surface area contributed by atoms with Gasteiger partial charge in [0.25, 0.3) is 0 Å². The minimum absolute atomic E-state index is 0.218. The number of aryl methyl sites for hydroxylation is 2. The van der Waals surface area contributed by atoms with Crippen LogP contribution in [0, 0.1) is 13.8 Å². The Kier molecular flexibility index (Phi) is 8.70. The zero-order chi connectivity index (χ0) is 21.4. The normalized spacial score (nSPS) is 16.1. The highest BCUT2D eigenvalue weighted by Gasteiger charge is 2.25. The van der Waals surface area contributed by atoms with Crippen molar-refractivity contribution in [3.05, 3.63) is 15.6 Å². The van der Waals surface area contributed by atoms with Gasteiger partial charge in [-0.2, -0.15) is 0 Å². The molecule has 1 aliphatic heterocycles. The summed E-state index contributed by atoms with van der Waals surface area (Å²) >= 11 is 1.70. The van der Waals surface area contributed by atoms with Gasteiger partial charge in [0.15, 0.2) is 5.96 Å². The van der Waals surface area contributed by atoms with Crippen molar-refractivity contribution < 1.29 is 9.53 Å². The van der Waals surface area contributed by atoms with Crippen LogP contribution in [0.25, 0.3) is 0 Å². The van der Waals surface area contributed by atoms with Crippen LogP contribution in [0.1, 0.15) is 43.3 Å². The van der Waals surface area contributed by atoms with E-state index in [-0.39, 0.29) is 6.09 Å². The number of nitrogens with zero attached hydrogens (tertiary/aromatic N) is 4. The second-order valence-electron chi connectivity index (χ2n) is 8.18. The maximum Gasteiger partial charge on any atom is 0.410 e. The van der Waals surface area contributed by atoms with Gasteiger partial charge in [-0.1, -0.05) is 0 Å². The molecule has 9 heteroatoms. The number of aromatic nitrogens is 1. The van der Waals surface area contributed by atoms with E-state index in [9.17, 15) is 4.79 Å². The monoisotopic (exact) mass is 424 g/mol. The Morgan fingerprint density at radius 3 is 2.45 bits per heavy atom. The smallest absolute Gasteiger partial charge is 0.410 e. The first-order valence-corrected chi connectivity index (χ1v) is 11.1. The third kappa shape index (κ3) is 8.18. The Hall–Kier alpha value is -1.87. The molecule has 0 unspecified atom stereocenters. The molecular weight excluding hydrogens is 388 g/mol. The number of carbonyl (C=O) groups is 1. The van der Waals surface area contributed by atoms with Crippen molar-refractivity contribution in [1.82, 2.24) is 25.4 Å². The average Bonchev–Trinajstić information content (AvgIpc) is 2.96. The highest BCUT2D eigenvalue weighted by molar-refractivity contribution is 7.11. The maximum absolute atomic E-state index is 12.2. The molecule has 1 aromatic rings. The van der Waals surface area contributed by atoms with Crippen LogP contribution >= 0.6 is 11.3 Å². The van der Waals surface area contributed by atoms with E-state index in [1.807, 2.05) is 27.7 Å². The molecule has 2 heterocycles. The van der Waals surface area contributed by atoms with Crippen LogP contribution in [-0.4, -0.2) is 78.3 Å². The van der Waals surface area contributed by atoms with E-state index in [1.54, 1.807) is 16.2 Å². The third-order valence-electron chi connectivity index (χ3n) is 4.53. The number of rotatable bonds is 6. The number of carbonyl (C=O) groups excluding carboxylic acids is 1. The molecule has 0 aromatic carbocycles. The average molecular weight is 425 g/mol. The third-order valence-corrected chi connectivity index (χ3v) is 5.59. The van der Waals surface area contributed by atoms with Gasteiger partial charge in [0, 0.05) is 50.7 Å². The molecule has 1 fully saturated rings. The lowest BCUT2D eigenvalue weighted by atomic mass is 10.2. The molecule has 1 saturated heterocycles. The highest BCUT2D eigenvalue weighted by atomic mass is 32.1. The number of piperazine rings is 1. The Bertz CT molecular complexity index is 670. The topological polar surface area (TPSA) is 82.1 Å². The Morgan fingerprint density at radius 1 is 1.21 bits per heavy atom. The number of hydrogen-bond donors (Lipinski definition) is 2. The molecule has 29 heavy (non-hydrogen) atoms. The SMILES string of the molecule is CCNC(=NCc1nc(C)c(C)s1)NCCN1CCN(C(=O)OC(C)(C)C)CC1.